The van der Waals surface area contributed by atoms with E-state index in [1.807, 2.05) is 6.07 Å². The van der Waals surface area contributed by atoms with Crippen LogP contribution in [-0.2, 0) is 32.8 Å². The summed E-state index contributed by atoms with van der Waals surface area (Å²) in [7, 11) is 0. The topological polar surface area (TPSA) is 91.8 Å². The Kier molecular flexibility index (Phi) is 5.82. The van der Waals surface area contributed by atoms with Crippen molar-refractivity contribution >= 4 is 33.8 Å². The van der Waals surface area contributed by atoms with Gasteiger partial charge in [-0.05, 0) is 48.2 Å². The molecule has 190 valence electrons. The minimum absolute atomic E-state index is 0.00393. The van der Waals surface area contributed by atoms with E-state index in [1.165, 1.54) is 0 Å². The highest BCUT2D eigenvalue weighted by atomic mass is 79.9. The molecule has 2 saturated heterocycles. The fraction of sp³-hybridized carbons (Fsp3) is 0.391. The number of nitrogens with one attached hydrogen (secondary N) is 1. The second-order valence-electron chi connectivity index (χ2n) is 9.00. The number of urea groups is 1. The molecule has 8 nitrogen and oxygen atoms in total. The smallest absolute Gasteiger partial charge is 0.376 e. The van der Waals surface area contributed by atoms with Crippen molar-refractivity contribution in [1.29, 1.82) is 0 Å². The molecule has 0 saturated carbocycles. The van der Waals surface area contributed by atoms with Gasteiger partial charge in [0.2, 0.25) is 5.91 Å². The monoisotopic (exact) mass is 570 g/mol. The number of aryl methyl sites for hydroxylation is 1. The highest BCUT2D eigenvalue weighted by molar-refractivity contribution is 9.10. The third kappa shape index (κ3) is 3.76. The number of fused-ring (bicyclic) bond motifs is 2. The van der Waals surface area contributed by atoms with Gasteiger partial charge in [-0.2, -0.15) is 13.2 Å². The molecule has 1 aliphatic carbocycles. The van der Waals surface area contributed by atoms with Crippen LogP contribution in [0.25, 0.3) is 0 Å². The molecular formula is C23H19BrF4N4O4. The average molecular weight is 571 g/mol. The zero-order valence-corrected chi connectivity index (χ0v) is 20.2. The Morgan fingerprint density at radius 2 is 1.97 bits per heavy atom. The van der Waals surface area contributed by atoms with Gasteiger partial charge in [0.15, 0.2) is 5.54 Å². The van der Waals surface area contributed by atoms with Crippen LogP contribution in [0.15, 0.2) is 41.0 Å². The van der Waals surface area contributed by atoms with E-state index < -0.39 is 67.2 Å². The Bertz CT molecular complexity index is 1250. The number of halogens is 5. The maximum absolute atomic E-state index is 14.1. The van der Waals surface area contributed by atoms with Gasteiger partial charge in [-0.3, -0.25) is 19.5 Å². The van der Waals surface area contributed by atoms with Gasteiger partial charge in [0, 0.05) is 4.47 Å². The lowest BCUT2D eigenvalue weighted by Crippen LogP contribution is -2.72. The summed E-state index contributed by atoms with van der Waals surface area (Å²) in [6, 6.07) is 6.57. The lowest BCUT2D eigenvalue weighted by molar-refractivity contribution is -0.302. The maximum atomic E-state index is 14.1. The quantitative estimate of drug-likeness (QED) is 0.441. The Labute approximate surface area is 210 Å². The molecule has 0 unspecified atom stereocenters. The normalized spacial score (nSPS) is 22.4. The average Bonchev–Trinajstić information content (AvgIpc) is 3.24. The second-order valence-corrected chi connectivity index (χ2v) is 9.91. The first-order valence-electron chi connectivity index (χ1n) is 11.0. The van der Waals surface area contributed by atoms with Crippen LogP contribution in [0, 0.1) is 5.82 Å². The van der Waals surface area contributed by atoms with Gasteiger partial charge in [-0.1, -0.05) is 22.0 Å². The van der Waals surface area contributed by atoms with Crippen molar-refractivity contribution < 1.29 is 36.7 Å². The van der Waals surface area contributed by atoms with Crippen molar-refractivity contribution in [1.82, 2.24) is 20.1 Å². The molecule has 0 radical (unpaired) electrons. The number of pyridine rings is 1. The van der Waals surface area contributed by atoms with E-state index in [4.69, 9.17) is 4.74 Å². The van der Waals surface area contributed by atoms with Crippen molar-refractivity contribution in [3.05, 3.63) is 63.6 Å². The summed E-state index contributed by atoms with van der Waals surface area (Å²) in [5.74, 6) is -2.51. The number of imide groups is 1. The van der Waals surface area contributed by atoms with Crippen LogP contribution in [0.5, 0.6) is 0 Å². The van der Waals surface area contributed by atoms with E-state index in [2.05, 4.69) is 26.2 Å². The fourth-order valence-corrected chi connectivity index (χ4v) is 5.30. The summed E-state index contributed by atoms with van der Waals surface area (Å²) >= 11 is 3.37. The first kappa shape index (κ1) is 24.6. The standard InChI is InChI=1S/C23H19BrF4N4O4/c24-14-1-4-17-13(7-14)5-6-22(17)19(34)31(20(35)30-22)10-18(33)32(9-16-3-2-15(25)8-29-16)21(11-36-12-21)23(26,27)28/h1-4,7-8H,5-6,9-12H2,(H,30,35)/t22-/m0/s1. The number of ether oxygens (including phenoxy) is 1. The van der Waals surface area contributed by atoms with Crippen molar-refractivity contribution in [3.8, 4) is 0 Å². The van der Waals surface area contributed by atoms with E-state index in [1.54, 1.807) is 12.1 Å². The molecule has 1 aromatic heterocycles. The number of amides is 4. The molecular weight excluding hydrogens is 552 g/mol. The van der Waals surface area contributed by atoms with Gasteiger partial charge in [-0.15, -0.1) is 0 Å². The van der Waals surface area contributed by atoms with Crippen LogP contribution in [0.3, 0.4) is 0 Å². The van der Waals surface area contributed by atoms with Crippen LogP contribution in [0.1, 0.15) is 23.2 Å². The van der Waals surface area contributed by atoms with Crippen LogP contribution in [-0.4, -0.2) is 64.1 Å². The minimum atomic E-state index is -4.86. The summed E-state index contributed by atoms with van der Waals surface area (Å²) in [5, 5.41) is 2.65. The highest BCUT2D eigenvalue weighted by Crippen LogP contribution is 2.44. The van der Waals surface area contributed by atoms with Gasteiger partial charge in [0.25, 0.3) is 5.91 Å². The molecule has 3 heterocycles. The minimum Gasteiger partial charge on any atom is -0.376 e. The molecule has 1 aromatic carbocycles. The first-order chi connectivity index (χ1) is 17.0. The van der Waals surface area contributed by atoms with E-state index in [9.17, 15) is 31.9 Å². The molecule has 0 bridgehead atoms. The predicted octanol–water partition coefficient (Wildman–Crippen LogP) is 3.04. The molecule has 13 heteroatoms. The lowest BCUT2D eigenvalue weighted by atomic mass is 9.91. The van der Waals surface area contributed by atoms with Gasteiger partial charge in [-0.25, -0.2) is 9.18 Å². The van der Waals surface area contributed by atoms with Crippen LogP contribution in [0.4, 0.5) is 22.4 Å². The van der Waals surface area contributed by atoms with E-state index >= 15 is 0 Å². The number of nitrogens with zero attached hydrogens (tertiary/aromatic N) is 3. The second kappa shape index (κ2) is 8.51. The molecule has 5 rings (SSSR count). The molecule has 1 spiro atoms. The summed E-state index contributed by atoms with van der Waals surface area (Å²) in [5.41, 5.74) is -2.60. The van der Waals surface area contributed by atoms with Crippen LogP contribution < -0.4 is 5.32 Å². The van der Waals surface area contributed by atoms with Crippen molar-refractivity contribution in [3.63, 3.8) is 0 Å². The number of benzene rings is 1. The number of hydrogen-bond donors (Lipinski definition) is 1. The summed E-state index contributed by atoms with van der Waals surface area (Å²) < 4.78 is 61.3. The Morgan fingerprint density at radius 1 is 1.22 bits per heavy atom. The molecule has 1 atom stereocenters. The highest BCUT2D eigenvalue weighted by Gasteiger charge is 2.65. The molecule has 36 heavy (non-hydrogen) atoms. The summed E-state index contributed by atoms with van der Waals surface area (Å²) in [4.78, 5) is 44.5. The number of carbonyl (C=O) groups is 3. The van der Waals surface area contributed by atoms with Gasteiger partial charge in [0.05, 0.1) is 31.6 Å². The number of rotatable bonds is 5. The Hall–Kier alpha value is -3.06. The molecule has 4 amide bonds. The van der Waals surface area contributed by atoms with Gasteiger partial charge >= 0.3 is 12.2 Å². The predicted molar refractivity (Wildman–Crippen MR) is 119 cm³/mol. The number of carbonyl (C=O) groups excluding carboxylic acids is 3. The number of aromatic nitrogens is 1. The molecule has 1 N–H and O–H groups in total. The summed E-state index contributed by atoms with van der Waals surface area (Å²) in [6.45, 7) is -3.14. The largest absolute Gasteiger partial charge is 0.416 e. The SMILES string of the molecule is O=C1N[C@]2(CCc3cc(Br)ccc32)C(=O)N1CC(=O)N(Cc1ccc(F)cn1)C1(C(F)(F)F)COC1. The summed E-state index contributed by atoms with van der Waals surface area (Å²) in [6.07, 6.45) is -3.28. The first-order valence-corrected chi connectivity index (χ1v) is 11.7. The van der Waals surface area contributed by atoms with Gasteiger partial charge in [0.1, 0.15) is 17.9 Å². The molecule has 3 aliphatic rings. The van der Waals surface area contributed by atoms with Crippen molar-refractivity contribution in [2.75, 3.05) is 19.8 Å². The van der Waals surface area contributed by atoms with Gasteiger partial charge < -0.3 is 15.0 Å². The zero-order valence-electron chi connectivity index (χ0n) is 18.6. The Morgan fingerprint density at radius 3 is 2.58 bits per heavy atom. The lowest BCUT2D eigenvalue weighted by Gasteiger charge is -2.50. The van der Waals surface area contributed by atoms with Crippen molar-refractivity contribution in [2.24, 2.45) is 0 Å². The maximum Gasteiger partial charge on any atom is 0.416 e. The number of alkyl halides is 3. The van der Waals surface area contributed by atoms with Crippen LogP contribution in [0.2, 0.25) is 0 Å². The van der Waals surface area contributed by atoms with Crippen molar-refractivity contribution in [2.45, 2.75) is 36.6 Å². The molecule has 2 fully saturated rings. The molecule has 2 aliphatic heterocycles. The van der Waals surface area contributed by atoms with E-state index in [0.717, 1.165) is 28.4 Å². The molecule has 2 aromatic rings. The Balaban J connectivity index is 1.44. The van der Waals surface area contributed by atoms with E-state index in [-0.39, 0.29) is 12.1 Å². The number of hydrogen-bond acceptors (Lipinski definition) is 5. The fourth-order valence-electron chi connectivity index (χ4n) is 4.89. The zero-order chi connectivity index (χ0) is 25.9. The third-order valence-electron chi connectivity index (χ3n) is 6.90. The third-order valence-corrected chi connectivity index (χ3v) is 7.39. The van der Waals surface area contributed by atoms with E-state index in [0.29, 0.717) is 21.8 Å². The van der Waals surface area contributed by atoms with Crippen LogP contribution >= 0.6 is 15.9 Å².